The maximum atomic E-state index is 13.8. The van der Waals surface area contributed by atoms with Gasteiger partial charge in [0.25, 0.3) is 0 Å². The van der Waals surface area contributed by atoms with Crippen LogP contribution in [-0.2, 0) is 25.7 Å². The van der Waals surface area contributed by atoms with E-state index in [-0.39, 0.29) is 52.5 Å². The maximum Gasteiger partial charge on any atom is 0.234 e. The van der Waals surface area contributed by atoms with Crippen LogP contribution < -0.4 is 0 Å². The number of nitrogens with zero attached hydrogens (tertiary/aromatic N) is 1. The highest BCUT2D eigenvalue weighted by Gasteiger charge is 2.56. The number of ketones is 2. The van der Waals surface area contributed by atoms with Crippen molar-refractivity contribution in [3.05, 3.63) is 84.6 Å². The highest BCUT2D eigenvalue weighted by atomic mass is 79.9. The SMILES string of the molecule is Cc1cc(C2C3=CCC4C(=O)N(Cc5cccs5)C(=O)C4C3CC3=C2C(=O)C=C(Br)C3=O)cc(C)c1O. The van der Waals surface area contributed by atoms with E-state index in [1.54, 1.807) is 13.8 Å². The summed E-state index contributed by atoms with van der Waals surface area (Å²) in [4.78, 5) is 56.1. The van der Waals surface area contributed by atoms with Gasteiger partial charge in [0, 0.05) is 28.0 Å². The van der Waals surface area contributed by atoms with Crippen molar-refractivity contribution < 1.29 is 24.3 Å². The van der Waals surface area contributed by atoms with E-state index in [1.807, 2.05) is 35.7 Å². The highest BCUT2D eigenvalue weighted by Crippen LogP contribution is 2.55. The van der Waals surface area contributed by atoms with Crippen molar-refractivity contribution in [2.75, 3.05) is 0 Å². The zero-order chi connectivity index (χ0) is 26.2. The number of benzene rings is 1. The van der Waals surface area contributed by atoms with Crippen molar-refractivity contribution in [1.82, 2.24) is 4.90 Å². The number of hydrogen-bond donors (Lipinski definition) is 1. The average molecular weight is 578 g/mol. The summed E-state index contributed by atoms with van der Waals surface area (Å²) in [7, 11) is 0. The number of hydrogen-bond acceptors (Lipinski definition) is 6. The van der Waals surface area contributed by atoms with Gasteiger partial charge in [-0.3, -0.25) is 24.1 Å². The molecule has 1 saturated heterocycles. The van der Waals surface area contributed by atoms with Crippen molar-refractivity contribution in [3.63, 3.8) is 0 Å². The Morgan fingerprint density at radius 2 is 1.81 bits per heavy atom. The minimum atomic E-state index is -0.573. The summed E-state index contributed by atoms with van der Waals surface area (Å²) in [6.07, 6.45) is 4.00. The molecule has 8 heteroatoms. The molecule has 4 aliphatic rings. The van der Waals surface area contributed by atoms with Crippen LogP contribution in [0.5, 0.6) is 5.75 Å². The number of aromatic hydroxyl groups is 1. The first-order valence-electron chi connectivity index (χ1n) is 12.2. The number of allylic oxidation sites excluding steroid dienone is 6. The van der Waals surface area contributed by atoms with Gasteiger partial charge in [-0.15, -0.1) is 11.3 Å². The highest BCUT2D eigenvalue weighted by molar-refractivity contribution is 9.12. The lowest BCUT2D eigenvalue weighted by atomic mass is 9.59. The van der Waals surface area contributed by atoms with Gasteiger partial charge in [-0.1, -0.05) is 29.8 Å². The lowest BCUT2D eigenvalue weighted by Gasteiger charge is -2.42. The summed E-state index contributed by atoms with van der Waals surface area (Å²) in [6, 6.07) is 7.51. The molecule has 0 saturated carbocycles. The van der Waals surface area contributed by atoms with E-state index in [0.717, 1.165) is 16.0 Å². The summed E-state index contributed by atoms with van der Waals surface area (Å²) < 4.78 is 0.209. The number of Topliss-reactive ketones (excluding diaryl/α,β-unsaturated/α-hetero) is 1. The van der Waals surface area contributed by atoms with Gasteiger partial charge in [-0.2, -0.15) is 0 Å². The molecular weight excluding hydrogens is 554 g/mol. The molecule has 4 atom stereocenters. The van der Waals surface area contributed by atoms with Crippen molar-refractivity contribution in [1.29, 1.82) is 0 Å². The second-order valence-corrected chi connectivity index (χ2v) is 12.1. The number of amides is 2. The Labute approximate surface area is 226 Å². The molecule has 2 aromatic rings. The minimum absolute atomic E-state index is 0.168. The molecule has 1 aliphatic heterocycles. The lowest BCUT2D eigenvalue weighted by molar-refractivity contribution is -0.140. The van der Waals surface area contributed by atoms with E-state index >= 15 is 0 Å². The van der Waals surface area contributed by atoms with Crippen LogP contribution in [0.15, 0.2) is 63.0 Å². The molecule has 188 valence electrons. The standard InChI is InChI=1S/C29H24BrNO5S/c1-13-8-15(9-14(2)26(13)33)23-17-5-6-18-24(29(36)31(28(18)35)12-16-4-3-7-37-16)19(17)10-20-25(23)22(32)11-21(30)27(20)34/h3-5,7-9,11,18-19,23-24,33H,6,10,12H2,1-2H3. The maximum absolute atomic E-state index is 13.8. The van der Waals surface area contributed by atoms with Gasteiger partial charge in [0.1, 0.15) is 5.75 Å². The Morgan fingerprint density at radius 3 is 2.49 bits per heavy atom. The average Bonchev–Trinajstić information content (AvgIpc) is 3.47. The van der Waals surface area contributed by atoms with Gasteiger partial charge in [0.2, 0.25) is 11.8 Å². The van der Waals surface area contributed by atoms with Crippen molar-refractivity contribution in [2.24, 2.45) is 17.8 Å². The Morgan fingerprint density at radius 1 is 1.08 bits per heavy atom. The third-order valence-corrected chi connectivity index (χ3v) is 9.61. The van der Waals surface area contributed by atoms with E-state index in [1.165, 1.54) is 22.3 Å². The molecule has 6 nitrogen and oxygen atoms in total. The summed E-state index contributed by atoms with van der Waals surface area (Å²) in [5, 5.41) is 12.3. The predicted octanol–water partition coefficient (Wildman–Crippen LogP) is 5.03. The number of aryl methyl sites for hydroxylation is 2. The van der Waals surface area contributed by atoms with Gasteiger partial charge >= 0.3 is 0 Å². The number of imide groups is 1. The molecule has 1 aromatic carbocycles. The zero-order valence-electron chi connectivity index (χ0n) is 20.3. The molecule has 6 rings (SSSR count). The van der Waals surface area contributed by atoms with E-state index in [4.69, 9.17) is 0 Å². The topological polar surface area (TPSA) is 91.8 Å². The van der Waals surface area contributed by atoms with Crippen molar-refractivity contribution in [3.8, 4) is 5.75 Å². The third kappa shape index (κ3) is 3.64. The van der Waals surface area contributed by atoms with Crippen LogP contribution in [0.3, 0.4) is 0 Å². The number of halogens is 1. The monoisotopic (exact) mass is 577 g/mol. The molecule has 1 N–H and O–H groups in total. The number of carbonyl (C=O) groups excluding carboxylic acids is 4. The van der Waals surface area contributed by atoms with Crippen LogP contribution in [0.4, 0.5) is 0 Å². The fourth-order valence-corrected chi connectivity index (χ4v) is 7.66. The summed E-state index contributed by atoms with van der Waals surface area (Å²) >= 11 is 4.76. The predicted molar refractivity (Wildman–Crippen MR) is 142 cm³/mol. The number of thiophene rings is 1. The number of fused-ring (bicyclic) bond motifs is 3. The molecule has 1 aromatic heterocycles. The molecule has 37 heavy (non-hydrogen) atoms. The van der Waals surface area contributed by atoms with Crippen LogP contribution in [0.1, 0.15) is 40.3 Å². The number of likely N-dealkylation sites (tertiary alicyclic amines) is 1. The van der Waals surface area contributed by atoms with Crippen LogP contribution in [-0.4, -0.2) is 33.4 Å². The molecular formula is C29H24BrNO5S. The molecule has 3 aliphatic carbocycles. The van der Waals surface area contributed by atoms with Gasteiger partial charge in [-0.05, 0) is 76.7 Å². The van der Waals surface area contributed by atoms with Crippen LogP contribution >= 0.6 is 27.3 Å². The van der Waals surface area contributed by atoms with E-state index in [0.29, 0.717) is 28.7 Å². The van der Waals surface area contributed by atoms with Crippen LogP contribution in [0.25, 0.3) is 0 Å². The number of phenolic OH excluding ortho intramolecular Hbond substituents is 1. The Hall–Kier alpha value is -3.10. The minimum Gasteiger partial charge on any atom is -0.507 e. The summed E-state index contributed by atoms with van der Waals surface area (Å²) in [5.74, 6) is -2.59. The molecule has 2 amide bonds. The van der Waals surface area contributed by atoms with Crippen LogP contribution in [0.2, 0.25) is 0 Å². The smallest absolute Gasteiger partial charge is 0.234 e. The molecule has 0 bridgehead atoms. The first kappa shape index (κ1) is 24.2. The lowest BCUT2D eigenvalue weighted by Crippen LogP contribution is -2.39. The van der Waals surface area contributed by atoms with Crippen LogP contribution in [0, 0.1) is 31.6 Å². The Balaban J connectivity index is 1.48. The van der Waals surface area contributed by atoms with Gasteiger partial charge in [0.15, 0.2) is 11.6 Å². The largest absolute Gasteiger partial charge is 0.507 e. The first-order valence-corrected chi connectivity index (χ1v) is 13.9. The second-order valence-electron chi connectivity index (χ2n) is 10.2. The zero-order valence-corrected chi connectivity index (χ0v) is 22.7. The molecule has 1 fully saturated rings. The van der Waals surface area contributed by atoms with Gasteiger partial charge in [-0.25, -0.2) is 0 Å². The van der Waals surface area contributed by atoms with E-state index in [9.17, 15) is 24.3 Å². The number of rotatable bonds is 3. The number of carbonyl (C=O) groups is 4. The quantitative estimate of drug-likeness (QED) is 0.314. The Kier molecular flexibility index (Phi) is 5.73. The van der Waals surface area contributed by atoms with Crippen molar-refractivity contribution in [2.45, 2.75) is 39.2 Å². The number of phenols is 1. The summed E-state index contributed by atoms with van der Waals surface area (Å²) in [5.41, 5.74) is 3.91. The van der Waals surface area contributed by atoms with Crippen molar-refractivity contribution >= 4 is 50.6 Å². The molecule has 2 heterocycles. The first-order chi connectivity index (χ1) is 17.7. The summed E-state index contributed by atoms with van der Waals surface area (Å²) in [6.45, 7) is 3.86. The van der Waals surface area contributed by atoms with Gasteiger partial charge in [0.05, 0.1) is 22.9 Å². The van der Waals surface area contributed by atoms with Gasteiger partial charge < -0.3 is 5.11 Å². The fourth-order valence-electron chi connectivity index (χ4n) is 6.52. The normalized spacial score (nSPS) is 27.2. The third-order valence-electron chi connectivity index (χ3n) is 8.16. The molecule has 0 spiro atoms. The molecule has 4 unspecified atom stereocenters. The van der Waals surface area contributed by atoms with E-state index in [2.05, 4.69) is 15.9 Å². The molecule has 0 radical (unpaired) electrons. The second kappa shape index (κ2) is 8.74. The Bertz CT molecular complexity index is 1470. The van der Waals surface area contributed by atoms with E-state index < -0.39 is 17.8 Å². The fraction of sp³-hybridized carbons (Fsp3) is 0.310.